The second-order valence-electron chi connectivity index (χ2n) is 10.1. The van der Waals surface area contributed by atoms with Crippen molar-refractivity contribution in [2.45, 2.75) is 77.4 Å². The molecule has 0 aromatic heterocycles. The van der Waals surface area contributed by atoms with E-state index in [-0.39, 0.29) is 17.1 Å². The summed E-state index contributed by atoms with van der Waals surface area (Å²) in [6, 6.07) is 5.26. The SMILES string of the molecule is CC=CC1COC(C2CCC(C3CCC(CCc4ccc(Cl)c(F)c4)CC3)CC2)OC1. The minimum absolute atomic E-state index is 0.0240. The van der Waals surface area contributed by atoms with Crippen LogP contribution in [0.3, 0.4) is 0 Å². The van der Waals surface area contributed by atoms with E-state index < -0.39 is 0 Å². The van der Waals surface area contributed by atoms with Crippen LogP contribution in [0.2, 0.25) is 5.02 Å². The van der Waals surface area contributed by atoms with E-state index in [9.17, 15) is 4.39 Å². The summed E-state index contributed by atoms with van der Waals surface area (Å²) in [5.74, 6) is 3.30. The Bertz CT molecular complexity index is 712. The van der Waals surface area contributed by atoms with Gasteiger partial charge in [0.25, 0.3) is 0 Å². The van der Waals surface area contributed by atoms with Crippen LogP contribution in [0, 0.1) is 35.4 Å². The number of rotatable bonds is 6. The molecular formula is C27H38ClFO2. The maximum atomic E-state index is 13.6. The molecule has 0 bridgehead atoms. The van der Waals surface area contributed by atoms with Crippen LogP contribution in [0.1, 0.15) is 70.3 Å². The summed E-state index contributed by atoms with van der Waals surface area (Å²) in [6.45, 7) is 3.67. The van der Waals surface area contributed by atoms with Gasteiger partial charge in [-0.25, -0.2) is 4.39 Å². The van der Waals surface area contributed by atoms with E-state index in [1.165, 1.54) is 57.8 Å². The average Bonchev–Trinajstić information content (AvgIpc) is 2.81. The van der Waals surface area contributed by atoms with E-state index in [1.54, 1.807) is 12.1 Å². The maximum absolute atomic E-state index is 13.6. The highest BCUT2D eigenvalue weighted by Gasteiger charge is 2.35. The Balaban J connectivity index is 1.15. The van der Waals surface area contributed by atoms with Gasteiger partial charge in [0, 0.05) is 11.8 Å². The zero-order valence-electron chi connectivity index (χ0n) is 18.9. The molecule has 0 N–H and O–H groups in total. The first kappa shape index (κ1) is 23.3. The number of aryl methyl sites for hydroxylation is 1. The summed E-state index contributed by atoms with van der Waals surface area (Å²) in [5, 5.41) is 0.221. The molecule has 2 saturated carbocycles. The topological polar surface area (TPSA) is 18.5 Å². The number of hydrogen-bond donors (Lipinski definition) is 0. The molecule has 2 nitrogen and oxygen atoms in total. The lowest BCUT2D eigenvalue weighted by molar-refractivity contribution is -0.223. The maximum Gasteiger partial charge on any atom is 0.160 e. The monoisotopic (exact) mass is 448 g/mol. The van der Waals surface area contributed by atoms with Crippen LogP contribution in [0.15, 0.2) is 30.4 Å². The third kappa shape index (κ3) is 6.33. The van der Waals surface area contributed by atoms with Gasteiger partial charge in [-0.3, -0.25) is 0 Å². The normalized spacial score (nSPS) is 34.8. The Morgan fingerprint density at radius 1 is 0.935 bits per heavy atom. The molecule has 0 spiro atoms. The lowest BCUT2D eigenvalue weighted by Gasteiger charge is -2.40. The van der Waals surface area contributed by atoms with Gasteiger partial charge in [-0.05, 0) is 93.7 Å². The number of halogens is 2. The van der Waals surface area contributed by atoms with Crippen molar-refractivity contribution in [3.05, 3.63) is 46.8 Å². The van der Waals surface area contributed by atoms with Crippen LogP contribution >= 0.6 is 11.6 Å². The highest BCUT2D eigenvalue weighted by Crippen LogP contribution is 2.43. The van der Waals surface area contributed by atoms with Crippen molar-refractivity contribution >= 4 is 11.6 Å². The van der Waals surface area contributed by atoms with E-state index in [0.29, 0.717) is 11.8 Å². The molecular weight excluding hydrogens is 411 g/mol. The van der Waals surface area contributed by atoms with Crippen LogP contribution in [0.25, 0.3) is 0 Å². The quantitative estimate of drug-likeness (QED) is 0.417. The van der Waals surface area contributed by atoms with Gasteiger partial charge in [-0.15, -0.1) is 0 Å². The van der Waals surface area contributed by atoms with Crippen molar-refractivity contribution in [2.75, 3.05) is 13.2 Å². The highest BCUT2D eigenvalue weighted by atomic mass is 35.5. The van der Waals surface area contributed by atoms with Gasteiger partial charge in [0.15, 0.2) is 6.29 Å². The molecule has 3 aliphatic rings. The Morgan fingerprint density at radius 3 is 2.16 bits per heavy atom. The van der Waals surface area contributed by atoms with Crippen LogP contribution in [0.5, 0.6) is 0 Å². The molecule has 3 fully saturated rings. The second kappa shape index (κ2) is 11.3. The average molecular weight is 449 g/mol. The van der Waals surface area contributed by atoms with Gasteiger partial charge in [0.2, 0.25) is 0 Å². The summed E-state index contributed by atoms with van der Waals surface area (Å²) in [6.07, 6.45) is 17.0. The number of hydrogen-bond acceptors (Lipinski definition) is 2. The van der Waals surface area contributed by atoms with E-state index in [4.69, 9.17) is 21.1 Å². The van der Waals surface area contributed by atoms with Crippen LogP contribution in [-0.2, 0) is 15.9 Å². The summed E-state index contributed by atoms with van der Waals surface area (Å²) >= 11 is 5.80. The first-order chi connectivity index (χ1) is 15.1. The van der Waals surface area contributed by atoms with Crippen molar-refractivity contribution in [3.63, 3.8) is 0 Å². The molecule has 31 heavy (non-hydrogen) atoms. The first-order valence-electron chi connectivity index (χ1n) is 12.4. The molecule has 0 amide bonds. The Morgan fingerprint density at radius 2 is 1.55 bits per heavy atom. The zero-order chi connectivity index (χ0) is 21.6. The summed E-state index contributed by atoms with van der Waals surface area (Å²) < 4.78 is 25.7. The predicted octanol–water partition coefficient (Wildman–Crippen LogP) is 7.59. The fraction of sp³-hybridized carbons (Fsp3) is 0.704. The Kier molecular flexibility index (Phi) is 8.48. The molecule has 1 heterocycles. The molecule has 172 valence electrons. The molecule has 1 aliphatic heterocycles. The molecule has 1 aromatic carbocycles. The van der Waals surface area contributed by atoms with Gasteiger partial charge in [0.1, 0.15) is 5.82 Å². The lowest BCUT2D eigenvalue weighted by atomic mass is 9.68. The Hall–Kier alpha value is -0.900. The van der Waals surface area contributed by atoms with Crippen LogP contribution in [0.4, 0.5) is 4.39 Å². The first-order valence-corrected chi connectivity index (χ1v) is 12.8. The molecule has 0 atom stereocenters. The van der Waals surface area contributed by atoms with Gasteiger partial charge in [-0.2, -0.15) is 0 Å². The number of benzene rings is 1. The van der Waals surface area contributed by atoms with E-state index in [2.05, 4.69) is 19.1 Å². The molecule has 0 radical (unpaired) electrons. The third-order valence-corrected chi connectivity index (χ3v) is 8.31. The van der Waals surface area contributed by atoms with Gasteiger partial charge in [0.05, 0.1) is 18.2 Å². The van der Waals surface area contributed by atoms with Crippen molar-refractivity contribution in [3.8, 4) is 0 Å². The number of ether oxygens (including phenoxy) is 2. The minimum atomic E-state index is -0.292. The highest BCUT2D eigenvalue weighted by molar-refractivity contribution is 6.30. The molecule has 1 saturated heterocycles. The van der Waals surface area contributed by atoms with Crippen molar-refractivity contribution in [2.24, 2.45) is 29.6 Å². The smallest absolute Gasteiger partial charge is 0.160 e. The van der Waals surface area contributed by atoms with Gasteiger partial charge >= 0.3 is 0 Å². The minimum Gasteiger partial charge on any atom is -0.352 e. The Labute approximate surface area is 192 Å². The van der Waals surface area contributed by atoms with Gasteiger partial charge in [-0.1, -0.05) is 42.7 Å². The van der Waals surface area contributed by atoms with Crippen molar-refractivity contribution < 1.29 is 13.9 Å². The van der Waals surface area contributed by atoms with E-state index in [1.807, 2.05) is 6.07 Å². The molecule has 1 aromatic rings. The molecule has 4 heteroatoms. The zero-order valence-corrected chi connectivity index (χ0v) is 19.7. The lowest BCUT2D eigenvalue weighted by Crippen LogP contribution is -2.38. The number of allylic oxidation sites excluding steroid dienone is 1. The summed E-state index contributed by atoms with van der Waals surface area (Å²) in [7, 11) is 0. The molecule has 2 aliphatic carbocycles. The standard InChI is InChI=1S/C27H38ClFO2/c1-2-3-21-17-30-27(31-18-21)24-13-11-23(12-14-24)22-9-6-19(7-10-22)4-5-20-8-15-25(28)26(29)16-20/h2-3,8,15-16,19,21-24,27H,4-7,9-14,17-18H2,1H3. The van der Waals surface area contributed by atoms with Crippen molar-refractivity contribution in [1.29, 1.82) is 0 Å². The van der Waals surface area contributed by atoms with Gasteiger partial charge < -0.3 is 9.47 Å². The fourth-order valence-electron chi connectivity index (χ4n) is 6.09. The van der Waals surface area contributed by atoms with E-state index >= 15 is 0 Å². The second-order valence-corrected chi connectivity index (χ2v) is 10.5. The van der Waals surface area contributed by atoms with Crippen molar-refractivity contribution in [1.82, 2.24) is 0 Å². The predicted molar refractivity (Wildman–Crippen MR) is 125 cm³/mol. The summed E-state index contributed by atoms with van der Waals surface area (Å²) in [4.78, 5) is 0. The summed E-state index contributed by atoms with van der Waals surface area (Å²) in [5.41, 5.74) is 1.08. The largest absolute Gasteiger partial charge is 0.352 e. The molecule has 4 rings (SSSR count). The molecule has 0 unspecified atom stereocenters. The van der Waals surface area contributed by atoms with Crippen LogP contribution in [-0.4, -0.2) is 19.5 Å². The van der Waals surface area contributed by atoms with E-state index in [0.717, 1.165) is 43.0 Å². The van der Waals surface area contributed by atoms with Crippen LogP contribution < -0.4 is 0 Å². The fourth-order valence-corrected chi connectivity index (χ4v) is 6.21. The third-order valence-electron chi connectivity index (χ3n) is 8.00.